The van der Waals surface area contributed by atoms with Gasteiger partial charge >= 0.3 is 0 Å². The third kappa shape index (κ3) is 1.90. The van der Waals surface area contributed by atoms with Crippen molar-refractivity contribution < 1.29 is 10.0 Å². The zero-order valence-corrected chi connectivity index (χ0v) is 10.2. The van der Waals surface area contributed by atoms with Crippen molar-refractivity contribution in [1.29, 1.82) is 0 Å². The van der Waals surface area contributed by atoms with Gasteiger partial charge in [0.25, 0.3) is 0 Å². The van der Waals surface area contributed by atoms with E-state index in [4.69, 9.17) is 23.2 Å². The molecule has 1 aliphatic rings. The Morgan fingerprint density at radius 3 is 2.62 bits per heavy atom. The molecule has 2 rings (SSSR count). The van der Waals surface area contributed by atoms with Gasteiger partial charge in [0.05, 0.1) is 6.04 Å². The third-order valence-corrected chi connectivity index (χ3v) is 3.54. The summed E-state index contributed by atoms with van der Waals surface area (Å²) in [7, 11) is 0. The summed E-state index contributed by atoms with van der Waals surface area (Å²) in [6, 6.07) is 4.93. The van der Waals surface area contributed by atoms with Crippen LogP contribution in [0.1, 0.15) is 24.8 Å². The van der Waals surface area contributed by atoms with E-state index < -0.39 is 0 Å². The van der Waals surface area contributed by atoms with Crippen LogP contribution < -0.4 is 0 Å². The lowest BCUT2D eigenvalue weighted by atomic mass is 9.93. The lowest BCUT2D eigenvalue weighted by molar-refractivity contribution is -0.164. The number of rotatable bonds is 1. The van der Waals surface area contributed by atoms with Crippen LogP contribution in [0.15, 0.2) is 18.2 Å². The zero-order valence-electron chi connectivity index (χ0n) is 8.65. The van der Waals surface area contributed by atoms with E-state index in [9.17, 15) is 10.0 Å². The van der Waals surface area contributed by atoms with E-state index in [1.165, 1.54) is 0 Å². The summed E-state index contributed by atoms with van der Waals surface area (Å²) in [6.45, 7) is 1.79. The molecule has 0 aliphatic carbocycles. The van der Waals surface area contributed by atoms with Gasteiger partial charge in [-0.25, -0.2) is 5.06 Å². The van der Waals surface area contributed by atoms with Crippen LogP contribution in [0.3, 0.4) is 0 Å². The molecule has 1 fully saturated rings. The summed E-state index contributed by atoms with van der Waals surface area (Å²) in [6.07, 6.45) is 0.277. The van der Waals surface area contributed by atoms with Gasteiger partial charge in [0.15, 0.2) is 0 Å². The largest absolute Gasteiger partial charge is 0.286 e. The second-order valence-corrected chi connectivity index (χ2v) is 4.80. The summed E-state index contributed by atoms with van der Waals surface area (Å²) in [5, 5.41) is 11.3. The van der Waals surface area contributed by atoms with Gasteiger partial charge in [-0.2, -0.15) is 0 Å². The topological polar surface area (TPSA) is 40.5 Å². The predicted octanol–water partition coefficient (Wildman–Crippen LogP) is 3.09. The van der Waals surface area contributed by atoms with Crippen LogP contribution in [-0.4, -0.2) is 22.2 Å². The maximum Gasteiger partial charge on any atom is 0.246 e. The minimum absolute atomic E-state index is 0.0812. The molecular formula is C11H11Cl2NO2. The molecule has 1 aromatic rings. The first kappa shape index (κ1) is 11.7. The van der Waals surface area contributed by atoms with Gasteiger partial charge in [0.2, 0.25) is 5.91 Å². The first-order chi connectivity index (χ1) is 7.50. The molecule has 2 unspecified atom stereocenters. The highest BCUT2D eigenvalue weighted by Crippen LogP contribution is 2.37. The van der Waals surface area contributed by atoms with Crippen molar-refractivity contribution in [2.75, 3.05) is 0 Å². The first-order valence-electron chi connectivity index (χ1n) is 4.96. The second kappa shape index (κ2) is 4.24. The van der Waals surface area contributed by atoms with Crippen LogP contribution in [0.5, 0.6) is 0 Å². The number of hydrogen-bond acceptors (Lipinski definition) is 2. The highest BCUT2D eigenvalue weighted by Gasteiger charge is 2.37. The Morgan fingerprint density at radius 1 is 1.44 bits per heavy atom. The molecule has 0 aromatic heterocycles. The Balaban J connectivity index is 2.35. The third-order valence-electron chi connectivity index (χ3n) is 2.98. The molecule has 0 radical (unpaired) electrons. The van der Waals surface area contributed by atoms with Crippen LogP contribution in [0.25, 0.3) is 0 Å². The number of nitrogens with zero attached hydrogens (tertiary/aromatic N) is 1. The van der Waals surface area contributed by atoms with Crippen molar-refractivity contribution in [3.05, 3.63) is 33.8 Å². The Morgan fingerprint density at radius 2 is 2.12 bits per heavy atom. The maximum absolute atomic E-state index is 11.4. The summed E-state index contributed by atoms with van der Waals surface area (Å²) < 4.78 is 0. The number of carbonyl (C=O) groups is 1. The van der Waals surface area contributed by atoms with Crippen LogP contribution in [0, 0.1) is 0 Å². The van der Waals surface area contributed by atoms with E-state index >= 15 is 0 Å². The molecule has 0 bridgehead atoms. The molecule has 1 N–H and O–H groups in total. The SMILES string of the molecule is CC1C(c2ccc(Cl)cc2Cl)CC(=O)N1O. The molecule has 1 saturated heterocycles. The van der Waals surface area contributed by atoms with E-state index in [0.717, 1.165) is 10.6 Å². The quantitative estimate of drug-likeness (QED) is 0.788. The number of carbonyl (C=O) groups excluding carboxylic acids is 1. The number of hydrogen-bond donors (Lipinski definition) is 1. The lowest BCUT2D eigenvalue weighted by Gasteiger charge is -2.19. The predicted molar refractivity (Wildman–Crippen MR) is 61.9 cm³/mol. The van der Waals surface area contributed by atoms with Gasteiger partial charge in [-0.3, -0.25) is 10.0 Å². The fourth-order valence-electron chi connectivity index (χ4n) is 2.02. The minimum atomic E-state index is -0.275. The normalized spacial score (nSPS) is 25.2. The molecular weight excluding hydrogens is 249 g/mol. The Kier molecular flexibility index (Phi) is 3.10. The second-order valence-electron chi connectivity index (χ2n) is 3.96. The Labute approximate surface area is 104 Å². The summed E-state index contributed by atoms with van der Waals surface area (Å²) >= 11 is 11.9. The average molecular weight is 260 g/mol. The fourth-order valence-corrected chi connectivity index (χ4v) is 2.57. The monoisotopic (exact) mass is 259 g/mol. The van der Waals surface area contributed by atoms with Gasteiger partial charge in [0, 0.05) is 22.4 Å². The van der Waals surface area contributed by atoms with E-state index in [0.29, 0.717) is 10.0 Å². The standard InChI is InChI=1S/C11H11Cl2NO2/c1-6-9(5-11(15)14(6)16)8-3-2-7(12)4-10(8)13/h2-4,6,9,16H,5H2,1H3. The summed E-state index contributed by atoms with van der Waals surface area (Å²) in [5.74, 6) is -0.356. The maximum atomic E-state index is 11.4. The van der Waals surface area contributed by atoms with Crippen molar-refractivity contribution >= 4 is 29.1 Å². The van der Waals surface area contributed by atoms with Crippen molar-refractivity contribution in [1.82, 2.24) is 5.06 Å². The van der Waals surface area contributed by atoms with E-state index in [2.05, 4.69) is 0 Å². The molecule has 16 heavy (non-hydrogen) atoms. The van der Waals surface area contributed by atoms with Crippen LogP contribution >= 0.6 is 23.2 Å². The Hall–Kier alpha value is -0.770. The van der Waals surface area contributed by atoms with Crippen molar-refractivity contribution in [2.24, 2.45) is 0 Å². The zero-order chi connectivity index (χ0) is 11.9. The molecule has 1 aromatic carbocycles. The van der Waals surface area contributed by atoms with E-state index in [1.807, 2.05) is 0 Å². The molecule has 86 valence electrons. The van der Waals surface area contributed by atoms with Crippen LogP contribution in [-0.2, 0) is 4.79 Å². The molecule has 1 aliphatic heterocycles. The molecule has 0 saturated carbocycles. The van der Waals surface area contributed by atoms with Crippen LogP contribution in [0.4, 0.5) is 0 Å². The summed E-state index contributed by atoms with van der Waals surface area (Å²) in [5.41, 5.74) is 0.850. The molecule has 1 amide bonds. The van der Waals surface area contributed by atoms with Gasteiger partial charge in [-0.05, 0) is 24.6 Å². The Bertz CT molecular complexity index is 436. The number of benzene rings is 1. The van der Waals surface area contributed by atoms with Crippen LogP contribution in [0.2, 0.25) is 10.0 Å². The van der Waals surface area contributed by atoms with E-state index in [1.54, 1.807) is 25.1 Å². The highest BCUT2D eigenvalue weighted by molar-refractivity contribution is 6.35. The van der Waals surface area contributed by atoms with Crippen molar-refractivity contribution in [2.45, 2.75) is 25.3 Å². The summed E-state index contributed by atoms with van der Waals surface area (Å²) in [4.78, 5) is 11.4. The number of halogens is 2. The number of amides is 1. The number of hydroxylamine groups is 2. The van der Waals surface area contributed by atoms with Gasteiger partial charge < -0.3 is 0 Å². The fraction of sp³-hybridized carbons (Fsp3) is 0.364. The molecule has 0 spiro atoms. The average Bonchev–Trinajstić information content (AvgIpc) is 2.46. The van der Waals surface area contributed by atoms with Gasteiger partial charge in [0.1, 0.15) is 0 Å². The van der Waals surface area contributed by atoms with E-state index in [-0.39, 0.29) is 24.3 Å². The van der Waals surface area contributed by atoms with Gasteiger partial charge in [-0.15, -0.1) is 0 Å². The molecule has 2 atom stereocenters. The van der Waals surface area contributed by atoms with Gasteiger partial charge in [-0.1, -0.05) is 29.3 Å². The molecule has 1 heterocycles. The molecule has 5 heteroatoms. The lowest BCUT2D eigenvalue weighted by Crippen LogP contribution is -2.28. The minimum Gasteiger partial charge on any atom is -0.286 e. The van der Waals surface area contributed by atoms with Crippen molar-refractivity contribution in [3.63, 3.8) is 0 Å². The smallest absolute Gasteiger partial charge is 0.246 e. The first-order valence-corrected chi connectivity index (χ1v) is 5.72. The highest BCUT2D eigenvalue weighted by atomic mass is 35.5. The van der Waals surface area contributed by atoms with Crippen molar-refractivity contribution in [3.8, 4) is 0 Å². The molecule has 3 nitrogen and oxygen atoms in total.